The van der Waals surface area contributed by atoms with Gasteiger partial charge in [-0.2, -0.15) is 0 Å². The summed E-state index contributed by atoms with van der Waals surface area (Å²) in [5, 5.41) is 23.0. The van der Waals surface area contributed by atoms with Gasteiger partial charge in [-0.05, 0) is 18.1 Å². The third kappa shape index (κ3) is 4.42. The van der Waals surface area contributed by atoms with E-state index in [9.17, 15) is 37.2 Å². The van der Waals surface area contributed by atoms with E-state index < -0.39 is 56.5 Å². The smallest absolute Gasteiger partial charge is 0.270 e. The van der Waals surface area contributed by atoms with Crippen molar-refractivity contribution in [2.75, 3.05) is 0 Å². The number of nitro groups is 1. The van der Waals surface area contributed by atoms with Crippen LogP contribution in [0, 0.1) is 39.2 Å². The Balaban J connectivity index is 1.98. The fourth-order valence-electron chi connectivity index (χ4n) is 4.09. The summed E-state index contributed by atoms with van der Waals surface area (Å²) in [6, 6.07) is 19.6. The van der Waals surface area contributed by atoms with E-state index in [1.807, 2.05) is 0 Å². The molecule has 0 amide bonds. The second kappa shape index (κ2) is 9.81. The molecule has 188 valence electrons. The van der Waals surface area contributed by atoms with Gasteiger partial charge in [0.15, 0.2) is 23.3 Å². The molecule has 0 saturated carbocycles. The number of benzene rings is 4. The Morgan fingerprint density at radius 2 is 1.27 bits per heavy atom. The fraction of sp³-hybridized carbons (Fsp3) is 0.0741. The summed E-state index contributed by atoms with van der Waals surface area (Å²) in [5.41, 5.74) is -2.17. The summed E-state index contributed by atoms with van der Waals surface area (Å²) in [4.78, 5) is 14.4. The van der Waals surface area contributed by atoms with Crippen molar-refractivity contribution >= 4 is 17.6 Å². The number of nitrogens with zero attached hydrogens (tertiary/aromatic N) is 2. The number of aliphatic imine (C=N–C) groups is 1. The molecule has 37 heavy (non-hydrogen) atoms. The number of aromatic hydroxyl groups is 1. The average molecular weight is 512 g/mol. The van der Waals surface area contributed by atoms with Gasteiger partial charge >= 0.3 is 0 Å². The van der Waals surface area contributed by atoms with Crippen LogP contribution in [0.1, 0.15) is 29.2 Å². The lowest BCUT2D eigenvalue weighted by molar-refractivity contribution is -0.385. The first-order valence-corrected chi connectivity index (χ1v) is 10.8. The van der Waals surface area contributed by atoms with Crippen LogP contribution in [-0.4, -0.2) is 16.2 Å². The summed E-state index contributed by atoms with van der Waals surface area (Å²) in [6.45, 7) is 1.72. The number of phenolic OH excluding ortho intramolecular Hbond substituents is 1. The van der Waals surface area contributed by atoms with E-state index in [0.717, 1.165) is 12.1 Å². The predicted molar refractivity (Wildman–Crippen MR) is 127 cm³/mol. The van der Waals surface area contributed by atoms with Crippen LogP contribution in [0.15, 0.2) is 77.8 Å². The van der Waals surface area contributed by atoms with Gasteiger partial charge in [0.05, 0.1) is 4.92 Å². The molecule has 4 rings (SSSR count). The number of rotatable bonds is 6. The van der Waals surface area contributed by atoms with Gasteiger partial charge in [-0.3, -0.25) is 10.1 Å². The van der Waals surface area contributed by atoms with Crippen molar-refractivity contribution in [1.29, 1.82) is 0 Å². The molecular weight excluding hydrogens is 495 g/mol. The number of non-ortho nitro benzene ring substituents is 1. The SMILES string of the molecule is CC(c1ccccc1)(c1ccccc1)c1cc([N+](=O)[O-])cc(C=Nc2c(F)c(F)c(F)c(F)c2F)c1O. The number of nitro benzene ring substituents is 1. The number of halogens is 5. The molecule has 10 heteroatoms. The van der Waals surface area contributed by atoms with Crippen molar-refractivity contribution in [2.24, 2.45) is 4.99 Å². The van der Waals surface area contributed by atoms with Gasteiger partial charge in [0, 0.05) is 34.9 Å². The number of phenols is 1. The average Bonchev–Trinajstić information content (AvgIpc) is 2.92. The highest BCUT2D eigenvalue weighted by Crippen LogP contribution is 2.45. The van der Waals surface area contributed by atoms with Crippen LogP contribution < -0.4 is 0 Å². The first-order valence-electron chi connectivity index (χ1n) is 10.8. The summed E-state index contributed by atoms with van der Waals surface area (Å²) in [5.74, 6) is -11.6. The molecule has 1 N–H and O–H groups in total. The zero-order valence-corrected chi connectivity index (χ0v) is 19.1. The molecule has 0 bridgehead atoms. The van der Waals surface area contributed by atoms with E-state index in [1.54, 1.807) is 67.6 Å². The van der Waals surface area contributed by atoms with E-state index >= 15 is 0 Å². The van der Waals surface area contributed by atoms with Crippen LogP contribution in [0.4, 0.5) is 33.3 Å². The molecule has 0 aliphatic rings. The van der Waals surface area contributed by atoms with E-state index in [4.69, 9.17) is 0 Å². The molecule has 0 unspecified atom stereocenters. The lowest BCUT2D eigenvalue weighted by atomic mass is 9.70. The Labute approximate surface area is 207 Å². The van der Waals surface area contributed by atoms with E-state index in [2.05, 4.69) is 4.99 Å². The van der Waals surface area contributed by atoms with Gasteiger partial charge in [-0.1, -0.05) is 60.7 Å². The first-order chi connectivity index (χ1) is 17.6. The second-order valence-electron chi connectivity index (χ2n) is 8.22. The molecule has 0 fully saturated rings. The Kier molecular flexibility index (Phi) is 6.76. The van der Waals surface area contributed by atoms with Crippen molar-refractivity contribution in [3.05, 3.63) is 134 Å². The van der Waals surface area contributed by atoms with Gasteiger partial charge in [0.2, 0.25) is 5.82 Å². The minimum atomic E-state index is -2.35. The van der Waals surface area contributed by atoms with Crippen LogP contribution in [-0.2, 0) is 5.41 Å². The molecule has 4 aromatic rings. The Morgan fingerprint density at radius 3 is 1.73 bits per heavy atom. The van der Waals surface area contributed by atoms with Crippen LogP contribution in [0.3, 0.4) is 0 Å². The highest BCUT2D eigenvalue weighted by atomic mass is 19.2. The Hall–Kier alpha value is -4.60. The van der Waals surface area contributed by atoms with Crippen LogP contribution >= 0.6 is 0 Å². The molecule has 0 saturated heterocycles. The van der Waals surface area contributed by atoms with Gasteiger partial charge in [-0.25, -0.2) is 26.9 Å². The van der Waals surface area contributed by atoms with Crippen molar-refractivity contribution in [3.8, 4) is 5.75 Å². The molecule has 0 atom stereocenters. The zero-order valence-electron chi connectivity index (χ0n) is 19.1. The Bertz CT molecular complexity index is 1460. The summed E-state index contributed by atoms with van der Waals surface area (Å²) in [6.07, 6.45) is 0.612. The fourth-order valence-corrected chi connectivity index (χ4v) is 4.09. The third-order valence-electron chi connectivity index (χ3n) is 6.10. The Morgan fingerprint density at radius 1 is 0.811 bits per heavy atom. The highest BCUT2D eigenvalue weighted by Gasteiger charge is 2.36. The number of hydrogen-bond acceptors (Lipinski definition) is 4. The van der Waals surface area contributed by atoms with Gasteiger partial charge < -0.3 is 5.11 Å². The monoisotopic (exact) mass is 512 g/mol. The molecule has 0 radical (unpaired) electrons. The first kappa shape index (κ1) is 25.5. The van der Waals surface area contributed by atoms with Crippen molar-refractivity contribution < 1.29 is 32.0 Å². The molecule has 4 aromatic carbocycles. The molecule has 0 aromatic heterocycles. The van der Waals surface area contributed by atoms with Crippen molar-refractivity contribution in [2.45, 2.75) is 12.3 Å². The maximum absolute atomic E-state index is 14.1. The molecule has 0 aliphatic heterocycles. The van der Waals surface area contributed by atoms with Gasteiger partial charge in [-0.15, -0.1) is 0 Å². The van der Waals surface area contributed by atoms with Crippen molar-refractivity contribution in [3.63, 3.8) is 0 Å². The molecular formula is C27H17F5N2O3. The highest BCUT2D eigenvalue weighted by molar-refractivity contribution is 5.88. The largest absolute Gasteiger partial charge is 0.507 e. The van der Waals surface area contributed by atoms with E-state index in [-0.39, 0.29) is 11.1 Å². The van der Waals surface area contributed by atoms with Gasteiger partial charge in [0.1, 0.15) is 11.4 Å². The molecule has 0 heterocycles. The zero-order chi connectivity index (χ0) is 26.9. The normalized spacial score (nSPS) is 11.7. The van der Waals surface area contributed by atoms with Crippen LogP contribution in [0.2, 0.25) is 0 Å². The minimum absolute atomic E-state index is 0.0537. The second-order valence-corrected chi connectivity index (χ2v) is 8.22. The minimum Gasteiger partial charge on any atom is -0.507 e. The summed E-state index contributed by atoms with van der Waals surface area (Å²) < 4.78 is 68.8. The van der Waals surface area contributed by atoms with Crippen molar-refractivity contribution in [1.82, 2.24) is 0 Å². The molecule has 0 spiro atoms. The third-order valence-corrected chi connectivity index (χ3v) is 6.10. The lowest BCUT2D eigenvalue weighted by Gasteiger charge is -2.32. The van der Waals surface area contributed by atoms with Crippen LogP contribution in [0.5, 0.6) is 5.75 Å². The summed E-state index contributed by atoms with van der Waals surface area (Å²) >= 11 is 0. The number of hydrogen-bond donors (Lipinski definition) is 1. The summed E-state index contributed by atoms with van der Waals surface area (Å²) in [7, 11) is 0. The maximum Gasteiger partial charge on any atom is 0.270 e. The topological polar surface area (TPSA) is 75.7 Å². The van der Waals surface area contributed by atoms with Crippen LogP contribution in [0.25, 0.3) is 0 Å². The lowest BCUT2D eigenvalue weighted by Crippen LogP contribution is -2.26. The van der Waals surface area contributed by atoms with E-state index in [1.165, 1.54) is 0 Å². The molecule has 0 aliphatic carbocycles. The van der Waals surface area contributed by atoms with Gasteiger partial charge in [0.25, 0.3) is 5.69 Å². The maximum atomic E-state index is 14.1. The quantitative estimate of drug-likeness (QED) is 0.0570. The predicted octanol–water partition coefficient (Wildman–Crippen LogP) is 7.10. The standard InChI is InChI=1S/C27H17F5N2O3/c1-27(16-8-4-2-5-9-16,17-10-6-3-7-11-17)19-13-18(34(36)37)12-15(26(19)35)14-33-25-23(31)21(29)20(28)22(30)24(25)32/h2-14,35H,1H3. The molecule has 5 nitrogen and oxygen atoms in total. The van der Waals surface area contributed by atoms with E-state index in [0.29, 0.717) is 17.3 Å².